The Kier molecular flexibility index (Phi) is 5.73. The van der Waals surface area contributed by atoms with Gasteiger partial charge in [-0.05, 0) is 25.0 Å². The summed E-state index contributed by atoms with van der Waals surface area (Å²) in [7, 11) is 1.93. The molecule has 0 aliphatic carbocycles. The molecular formula is C20H22N4OS. The van der Waals surface area contributed by atoms with Crippen LogP contribution < -0.4 is 5.32 Å². The average Bonchev–Trinajstić information content (AvgIpc) is 3.01. The first-order chi connectivity index (χ1) is 12.6. The topological polar surface area (TPSA) is 59.8 Å². The van der Waals surface area contributed by atoms with Gasteiger partial charge in [0.2, 0.25) is 5.91 Å². The van der Waals surface area contributed by atoms with Crippen molar-refractivity contribution in [2.75, 3.05) is 0 Å². The zero-order valence-electron chi connectivity index (χ0n) is 15.1. The minimum atomic E-state index is -0.258. The molecule has 3 aromatic rings. The molecule has 6 heteroatoms. The molecule has 0 saturated heterocycles. The summed E-state index contributed by atoms with van der Waals surface area (Å²) in [6.45, 7) is 4.46. The van der Waals surface area contributed by atoms with E-state index < -0.39 is 0 Å². The van der Waals surface area contributed by atoms with Gasteiger partial charge in [0.15, 0.2) is 11.0 Å². The van der Waals surface area contributed by atoms with E-state index >= 15 is 0 Å². The lowest BCUT2D eigenvalue weighted by Gasteiger charge is -2.12. The van der Waals surface area contributed by atoms with Crippen molar-refractivity contribution >= 4 is 17.7 Å². The second kappa shape index (κ2) is 8.19. The molecule has 0 unspecified atom stereocenters. The summed E-state index contributed by atoms with van der Waals surface area (Å²) in [4.78, 5) is 12.4. The van der Waals surface area contributed by atoms with E-state index in [9.17, 15) is 4.79 Å². The van der Waals surface area contributed by atoms with E-state index in [0.29, 0.717) is 6.54 Å². The summed E-state index contributed by atoms with van der Waals surface area (Å²) in [5.41, 5.74) is 3.28. The molecule has 0 aliphatic heterocycles. The first-order valence-electron chi connectivity index (χ1n) is 8.50. The molecule has 2 aromatic carbocycles. The number of amides is 1. The summed E-state index contributed by atoms with van der Waals surface area (Å²) in [5.74, 6) is 0.793. The standard InChI is InChI=1S/C20H22N4OS/c1-14-9-7-8-12-17(14)18-22-23-20(24(18)3)26-15(2)19(25)21-13-16-10-5-4-6-11-16/h4-12,15H,13H2,1-3H3,(H,21,25)/t15-/m0/s1. The van der Waals surface area contributed by atoms with Crippen molar-refractivity contribution in [3.8, 4) is 11.4 Å². The maximum Gasteiger partial charge on any atom is 0.233 e. The molecule has 0 saturated carbocycles. The largest absolute Gasteiger partial charge is 0.351 e. The number of aromatic nitrogens is 3. The van der Waals surface area contributed by atoms with Gasteiger partial charge in [-0.1, -0.05) is 66.4 Å². The Morgan fingerprint density at radius 1 is 1.12 bits per heavy atom. The molecule has 0 spiro atoms. The zero-order valence-corrected chi connectivity index (χ0v) is 16.0. The first-order valence-corrected chi connectivity index (χ1v) is 9.38. The predicted molar refractivity (Wildman–Crippen MR) is 105 cm³/mol. The van der Waals surface area contributed by atoms with Gasteiger partial charge in [-0.2, -0.15) is 0 Å². The predicted octanol–water partition coefficient (Wildman–Crippen LogP) is 3.59. The van der Waals surface area contributed by atoms with Gasteiger partial charge in [0.25, 0.3) is 0 Å². The highest BCUT2D eigenvalue weighted by Crippen LogP contribution is 2.27. The molecular weight excluding hydrogens is 344 g/mol. The van der Waals surface area contributed by atoms with Crippen LogP contribution in [0, 0.1) is 6.92 Å². The molecule has 1 N–H and O–H groups in total. The molecule has 5 nitrogen and oxygen atoms in total. The smallest absolute Gasteiger partial charge is 0.233 e. The Bertz CT molecular complexity index is 892. The van der Waals surface area contributed by atoms with Gasteiger partial charge in [0.05, 0.1) is 5.25 Å². The van der Waals surface area contributed by atoms with Gasteiger partial charge in [-0.25, -0.2) is 0 Å². The molecule has 26 heavy (non-hydrogen) atoms. The number of hydrogen-bond acceptors (Lipinski definition) is 4. The third-order valence-electron chi connectivity index (χ3n) is 4.18. The SMILES string of the molecule is Cc1ccccc1-c1nnc(S[C@@H](C)C(=O)NCc2ccccc2)n1C. The number of benzene rings is 2. The van der Waals surface area contributed by atoms with Crippen LogP contribution in [0.2, 0.25) is 0 Å². The second-order valence-electron chi connectivity index (χ2n) is 6.14. The van der Waals surface area contributed by atoms with Crippen LogP contribution in [-0.4, -0.2) is 25.9 Å². The molecule has 0 bridgehead atoms. The molecule has 134 valence electrons. The normalized spacial score (nSPS) is 12.0. The van der Waals surface area contributed by atoms with Gasteiger partial charge in [0, 0.05) is 19.2 Å². The summed E-state index contributed by atoms with van der Waals surface area (Å²) in [6, 6.07) is 18.0. The maximum absolute atomic E-state index is 12.4. The quantitative estimate of drug-likeness (QED) is 0.677. The fraction of sp³-hybridized carbons (Fsp3) is 0.250. The maximum atomic E-state index is 12.4. The average molecular weight is 366 g/mol. The fourth-order valence-corrected chi connectivity index (χ4v) is 3.46. The van der Waals surface area contributed by atoms with Crippen molar-refractivity contribution in [1.82, 2.24) is 20.1 Å². The van der Waals surface area contributed by atoms with Crippen molar-refractivity contribution in [2.45, 2.75) is 30.8 Å². The number of carbonyl (C=O) groups is 1. The number of nitrogens with zero attached hydrogens (tertiary/aromatic N) is 3. The lowest BCUT2D eigenvalue weighted by atomic mass is 10.1. The molecule has 1 atom stereocenters. The Labute approximate surface area is 157 Å². The van der Waals surface area contributed by atoms with Gasteiger partial charge in [-0.3, -0.25) is 4.79 Å². The van der Waals surface area contributed by atoms with E-state index in [1.165, 1.54) is 11.8 Å². The van der Waals surface area contributed by atoms with Crippen LogP contribution in [0.15, 0.2) is 59.8 Å². The van der Waals surface area contributed by atoms with Gasteiger partial charge in [-0.15, -0.1) is 10.2 Å². The van der Waals surface area contributed by atoms with E-state index in [1.807, 2.05) is 67.1 Å². The Morgan fingerprint density at radius 3 is 2.54 bits per heavy atom. The minimum absolute atomic E-state index is 0.0145. The van der Waals surface area contributed by atoms with Crippen LogP contribution in [0.5, 0.6) is 0 Å². The fourth-order valence-electron chi connectivity index (χ4n) is 2.62. The monoisotopic (exact) mass is 366 g/mol. The van der Waals surface area contributed by atoms with Gasteiger partial charge in [0.1, 0.15) is 0 Å². The summed E-state index contributed by atoms with van der Waals surface area (Å²) < 4.78 is 1.94. The van der Waals surface area contributed by atoms with Crippen molar-refractivity contribution in [3.05, 3.63) is 65.7 Å². The van der Waals surface area contributed by atoms with Gasteiger partial charge >= 0.3 is 0 Å². The minimum Gasteiger partial charge on any atom is -0.351 e. The Balaban J connectivity index is 1.65. The number of aryl methyl sites for hydroxylation is 1. The number of hydrogen-bond donors (Lipinski definition) is 1. The van der Waals surface area contributed by atoms with Gasteiger partial charge < -0.3 is 9.88 Å². The number of carbonyl (C=O) groups excluding carboxylic acids is 1. The first kappa shape index (κ1) is 18.2. The summed E-state index contributed by atoms with van der Waals surface area (Å²) in [5, 5.41) is 12.0. The van der Waals surface area contributed by atoms with E-state index in [4.69, 9.17) is 0 Å². The molecule has 1 aromatic heterocycles. The highest BCUT2D eigenvalue weighted by Gasteiger charge is 2.19. The van der Waals surface area contributed by atoms with Crippen molar-refractivity contribution in [2.24, 2.45) is 7.05 Å². The number of nitrogens with one attached hydrogen (secondary N) is 1. The lowest BCUT2D eigenvalue weighted by molar-refractivity contribution is -0.120. The molecule has 1 amide bonds. The van der Waals surface area contributed by atoms with Crippen LogP contribution in [0.25, 0.3) is 11.4 Å². The molecule has 3 rings (SSSR count). The third kappa shape index (κ3) is 4.14. The van der Waals surface area contributed by atoms with Crippen LogP contribution in [0.3, 0.4) is 0 Å². The zero-order chi connectivity index (χ0) is 18.5. The highest BCUT2D eigenvalue weighted by molar-refractivity contribution is 8.00. The van der Waals surface area contributed by atoms with E-state index in [0.717, 1.165) is 27.7 Å². The van der Waals surface area contributed by atoms with E-state index in [-0.39, 0.29) is 11.2 Å². The lowest BCUT2D eigenvalue weighted by Crippen LogP contribution is -2.30. The third-order valence-corrected chi connectivity index (χ3v) is 5.32. The number of thioether (sulfide) groups is 1. The van der Waals surface area contributed by atoms with Crippen molar-refractivity contribution in [3.63, 3.8) is 0 Å². The molecule has 0 fully saturated rings. The van der Waals surface area contributed by atoms with Crippen LogP contribution in [0.1, 0.15) is 18.1 Å². The van der Waals surface area contributed by atoms with Crippen LogP contribution in [-0.2, 0) is 18.4 Å². The van der Waals surface area contributed by atoms with Crippen molar-refractivity contribution in [1.29, 1.82) is 0 Å². The van der Waals surface area contributed by atoms with Crippen LogP contribution >= 0.6 is 11.8 Å². The molecule has 0 radical (unpaired) electrons. The van der Waals surface area contributed by atoms with E-state index in [2.05, 4.69) is 28.5 Å². The molecule has 1 heterocycles. The highest BCUT2D eigenvalue weighted by atomic mass is 32.2. The summed E-state index contributed by atoms with van der Waals surface area (Å²) >= 11 is 1.41. The Morgan fingerprint density at radius 2 is 1.81 bits per heavy atom. The molecule has 0 aliphatic rings. The van der Waals surface area contributed by atoms with Crippen molar-refractivity contribution < 1.29 is 4.79 Å². The van der Waals surface area contributed by atoms with E-state index in [1.54, 1.807) is 0 Å². The number of rotatable bonds is 6. The second-order valence-corrected chi connectivity index (χ2v) is 7.45. The van der Waals surface area contributed by atoms with Crippen LogP contribution in [0.4, 0.5) is 0 Å². The Hall–Kier alpha value is -2.60. The summed E-state index contributed by atoms with van der Waals surface area (Å²) in [6.07, 6.45) is 0.